The number of alkyl halides is 2. The quantitative estimate of drug-likeness (QED) is 0.188. The van der Waals surface area contributed by atoms with Crippen LogP contribution in [0.1, 0.15) is 51.4 Å². The molecule has 23 heavy (non-hydrogen) atoms. The highest BCUT2D eigenvalue weighted by Gasteiger charge is 2.01. The van der Waals surface area contributed by atoms with Gasteiger partial charge in [0.25, 0.3) is 0 Å². The Labute approximate surface area is 174 Å². The van der Waals surface area contributed by atoms with E-state index >= 15 is 0 Å². The van der Waals surface area contributed by atoms with E-state index in [1.165, 1.54) is 0 Å². The van der Waals surface area contributed by atoms with Crippen LogP contribution in [-0.2, 0) is 19.2 Å². The Kier molecular flexibility index (Phi) is 25.7. The maximum absolute atomic E-state index is 10.8. The molecule has 0 bridgehead atoms. The minimum Gasteiger partial charge on any atom is -0.299 e. The van der Waals surface area contributed by atoms with E-state index in [9.17, 15) is 19.2 Å². The van der Waals surface area contributed by atoms with Gasteiger partial charge < -0.3 is 0 Å². The Balaban J connectivity index is -0.000000338. The van der Waals surface area contributed by atoms with Gasteiger partial charge in [-0.2, -0.15) is 0 Å². The van der Waals surface area contributed by atoms with E-state index in [-0.39, 0.29) is 39.0 Å². The predicted molar refractivity (Wildman–Crippen MR) is 107 cm³/mol. The molecule has 0 aromatic heterocycles. The molecule has 0 aromatic carbocycles. The van der Waals surface area contributed by atoms with Crippen molar-refractivity contribution in [1.29, 1.82) is 0 Å². The second kappa shape index (κ2) is 20.7. The number of unbranched alkanes of at least 4 members (excludes halogenated alkanes) is 2. The van der Waals surface area contributed by atoms with Crippen LogP contribution < -0.4 is 0 Å². The summed E-state index contributed by atoms with van der Waals surface area (Å²) in [5.41, 5.74) is 0. The number of Topliss-reactive ketones (excluding diaryl/α,β-unsaturated/α-hetero) is 2. The minimum absolute atomic E-state index is 0. The molecule has 0 aliphatic heterocycles. The summed E-state index contributed by atoms with van der Waals surface area (Å²) in [6.45, 7) is 0. The molecule has 0 aliphatic carbocycles. The van der Waals surface area contributed by atoms with Crippen molar-refractivity contribution in [2.45, 2.75) is 51.4 Å². The van der Waals surface area contributed by atoms with Crippen LogP contribution in [0.5, 0.6) is 0 Å². The van der Waals surface area contributed by atoms with Crippen molar-refractivity contribution in [1.82, 2.24) is 0 Å². The van der Waals surface area contributed by atoms with Gasteiger partial charge >= 0.3 is 0 Å². The molecule has 0 N–H and O–H groups in total. The van der Waals surface area contributed by atoms with Gasteiger partial charge in [0.15, 0.2) is 0 Å². The third-order valence-corrected chi connectivity index (χ3v) is 4.08. The van der Waals surface area contributed by atoms with Crippen LogP contribution in [0.4, 0.5) is 0 Å². The van der Waals surface area contributed by atoms with Crippen molar-refractivity contribution in [2.24, 2.45) is 0 Å². The molecule has 0 spiro atoms. The van der Waals surface area contributed by atoms with Gasteiger partial charge in [-0.15, -0.1) is 17.0 Å². The Bertz CT molecular complexity index is 332. The molecule has 0 unspecified atom stereocenters. The molecule has 0 heterocycles. The fraction of sp³-hybridized carbons (Fsp3) is 0.714. The van der Waals surface area contributed by atoms with Gasteiger partial charge in [-0.3, -0.25) is 19.2 Å². The molecule has 0 fully saturated rings. The van der Waals surface area contributed by atoms with Crippen molar-refractivity contribution < 1.29 is 19.2 Å². The van der Waals surface area contributed by atoms with Gasteiger partial charge in [0.05, 0.1) is 10.7 Å². The molecule has 0 saturated carbocycles. The smallest absolute Gasteiger partial charge is 0.221 e. The van der Waals surface area contributed by atoms with Gasteiger partial charge in [-0.1, -0.05) is 31.9 Å². The molecule has 136 valence electrons. The lowest BCUT2D eigenvalue weighted by Crippen LogP contribution is -2.01. The molecule has 0 rings (SSSR count). The molecule has 0 aliphatic rings. The number of carbonyl (C=O) groups excluding carboxylic acids is 4. The topological polar surface area (TPSA) is 68.3 Å². The molecular formula is C14H21Br3Cl2O4. The van der Waals surface area contributed by atoms with Crippen molar-refractivity contribution in [3.05, 3.63) is 0 Å². The van der Waals surface area contributed by atoms with E-state index in [4.69, 9.17) is 23.2 Å². The highest BCUT2D eigenvalue weighted by atomic mass is 79.9. The lowest BCUT2D eigenvalue weighted by atomic mass is 10.1. The molecule has 0 atom stereocenters. The van der Waals surface area contributed by atoms with Gasteiger partial charge in [-0.05, 0) is 48.9 Å². The lowest BCUT2D eigenvalue weighted by molar-refractivity contribution is -0.118. The molecule has 9 heteroatoms. The number of hydrogen-bond donors (Lipinski definition) is 0. The monoisotopic (exact) mass is 560 g/mol. The second-order valence-corrected chi connectivity index (χ2v) is 6.43. The highest BCUT2D eigenvalue weighted by molar-refractivity contribution is 9.09. The molecular weight excluding hydrogens is 543 g/mol. The zero-order valence-corrected chi connectivity index (χ0v) is 19.0. The fourth-order valence-corrected chi connectivity index (χ4v) is 2.13. The summed E-state index contributed by atoms with van der Waals surface area (Å²) in [6.07, 6.45) is 4.74. The number of ketones is 2. The van der Waals surface area contributed by atoms with Crippen LogP contribution in [0.3, 0.4) is 0 Å². The second-order valence-electron chi connectivity index (χ2n) is 4.47. The molecule has 0 radical (unpaired) electrons. The average Bonchev–Trinajstić information content (AvgIpc) is 2.47. The summed E-state index contributed by atoms with van der Waals surface area (Å²) >= 11 is 16.2. The standard InChI is InChI=1S/C8H12Br2O2.C6H8Cl2O2.BrH/c9-5-7(11)3-1-2-4-8(12)6-10;7-5(9)3-1-2-4-6(8)10;/h1-6H2;1-4H2;1H. The summed E-state index contributed by atoms with van der Waals surface area (Å²) < 4.78 is 0. The number of hydrogen-bond acceptors (Lipinski definition) is 4. The first-order chi connectivity index (χ1) is 10.3. The van der Waals surface area contributed by atoms with E-state index in [0.717, 1.165) is 12.8 Å². The van der Waals surface area contributed by atoms with E-state index in [1.54, 1.807) is 0 Å². The average molecular weight is 564 g/mol. The number of rotatable bonds is 12. The largest absolute Gasteiger partial charge is 0.299 e. The van der Waals surface area contributed by atoms with Crippen LogP contribution in [0.15, 0.2) is 0 Å². The summed E-state index contributed by atoms with van der Waals surface area (Å²) in [4.78, 5) is 41.8. The van der Waals surface area contributed by atoms with Crippen molar-refractivity contribution >= 4 is 94.1 Å². The molecule has 0 amide bonds. The Morgan fingerprint density at radius 1 is 0.609 bits per heavy atom. The summed E-state index contributed by atoms with van der Waals surface area (Å²) in [5.74, 6) is 0.419. The van der Waals surface area contributed by atoms with Crippen molar-refractivity contribution in [2.75, 3.05) is 10.7 Å². The number of carbonyl (C=O) groups is 4. The summed E-state index contributed by atoms with van der Waals surface area (Å²) in [7, 11) is 0. The first-order valence-corrected chi connectivity index (χ1v) is 9.85. The maximum Gasteiger partial charge on any atom is 0.221 e. The zero-order chi connectivity index (χ0) is 17.4. The normalized spacial score (nSPS) is 9.22. The first-order valence-electron chi connectivity index (χ1n) is 6.85. The van der Waals surface area contributed by atoms with E-state index < -0.39 is 0 Å². The minimum atomic E-state index is -0.359. The molecule has 4 nitrogen and oxygen atoms in total. The Morgan fingerprint density at radius 2 is 0.870 bits per heavy atom. The van der Waals surface area contributed by atoms with Gasteiger partial charge in [0.1, 0.15) is 11.6 Å². The Hall–Kier alpha value is 0.700. The van der Waals surface area contributed by atoms with Crippen LogP contribution in [0.25, 0.3) is 0 Å². The first kappa shape index (κ1) is 28.5. The SMILES string of the molecule is Br.O=C(CBr)CCCCC(=O)CBr.O=C(Cl)CCCCC(=O)Cl. The third-order valence-electron chi connectivity index (χ3n) is 2.46. The van der Waals surface area contributed by atoms with E-state index in [1.807, 2.05) is 0 Å². The van der Waals surface area contributed by atoms with Gasteiger partial charge in [0.2, 0.25) is 10.5 Å². The molecule has 0 saturated heterocycles. The van der Waals surface area contributed by atoms with Crippen LogP contribution in [-0.4, -0.2) is 32.7 Å². The predicted octanol–water partition coefficient (Wildman–Crippen LogP) is 5.13. The Morgan fingerprint density at radius 3 is 1.09 bits per heavy atom. The van der Waals surface area contributed by atoms with Crippen molar-refractivity contribution in [3.63, 3.8) is 0 Å². The van der Waals surface area contributed by atoms with Gasteiger partial charge in [-0.25, -0.2) is 0 Å². The zero-order valence-electron chi connectivity index (χ0n) is 12.6. The van der Waals surface area contributed by atoms with Crippen LogP contribution in [0.2, 0.25) is 0 Å². The van der Waals surface area contributed by atoms with Crippen LogP contribution >= 0.6 is 72.0 Å². The molecule has 0 aromatic rings. The van der Waals surface area contributed by atoms with E-state index in [0.29, 0.717) is 49.2 Å². The van der Waals surface area contributed by atoms with Gasteiger partial charge in [0, 0.05) is 25.7 Å². The van der Waals surface area contributed by atoms with Crippen LogP contribution in [0, 0.1) is 0 Å². The van der Waals surface area contributed by atoms with Crippen molar-refractivity contribution in [3.8, 4) is 0 Å². The maximum atomic E-state index is 10.8. The highest BCUT2D eigenvalue weighted by Crippen LogP contribution is 2.04. The lowest BCUT2D eigenvalue weighted by Gasteiger charge is -1.96. The third kappa shape index (κ3) is 27.8. The van der Waals surface area contributed by atoms with E-state index in [2.05, 4.69) is 31.9 Å². The summed E-state index contributed by atoms with van der Waals surface area (Å²) in [6, 6.07) is 0. The fourth-order valence-electron chi connectivity index (χ4n) is 1.31. The number of halogens is 5. The summed E-state index contributed by atoms with van der Waals surface area (Å²) in [5, 5.41) is 0.141.